The van der Waals surface area contributed by atoms with Crippen LogP contribution in [0.1, 0.15) is 89.5 Å². The van der Waals surface area contributed by atoms with E-state index in [0.29, 0.717) is 32.5 Å². The third kappa shape index (κ3) is 15.2. The maximum atomic E-state index is 12.5. The molecule has 1 fully saturated rings. The van der Waals surface area contributed by atoms with Gasteiger partial charge in [0.05, 0.1) is 19.3 Å². The first-order chi connectivity index (χ1) is 19.7. The Bertz CT molecular complexity index is 946. The number of carbonyl (C=O) groups excluding carboxylic acids is 1. The van der Waals surface area contributed by atoms with E-state index in [1.807, 2.05) is 24.3 Å². The van der Waals surface area contributed by atoms with E-state index < -0.39 is 44.6 Å². The Balaban J connectivity index is 1.71. The van der Waals surface area contributed by atoms with Crippen molar-refractivity contribution in [2.75, 3.05) is 26.4 Å². The van der Waals surface area contributed by atoms with Gasteiger partial charge in [-0.3, -0.25) is 18.6 Å². The van der Waals surface area contributed by atoms with Gasteiger partial charge in [-0.05, 0) is 37.3 Å². The van der Waals surface area contributed by atoms with E-state index in [0.717, 1.165) is 24.2 Å². The number of carbonyl (C=O) groups is 2. The van der Waals surface area contributed by atoms with Crippen LogP contribution in [0.2, 0.25) is 0 Å². The minimum atomic E-state index is -4.60. The number of hydrogen-bond donors (Lipinski definition) is 3. The second-order valence-electron chi connectivity index (χ2n) is 10.4. The highest BCUT2D eigenvalue weighted by atomic mass is 31.2. The minimum absolute atomic E-state index is 0.130. The van der Waals surface area contributed by atoms with Gasteiger partial charge in [0.15, 0.2) is 0 Å². The van der Waals surface area contributed by atoms with Crippen molar-refractivity contribution in [3.63, 3.8) is 0 Å². The second kappa shape index (κ2) is 20.0. The number of aliphatic carboxylic acids is 1. The van der Waals surface area contributed by atoms with Gasteiger partial charge < -0.3 is 29.9 Å². The molecule has 234 valence electrons. The maximum Gasteiger partial charge on any atom is 0.472 e. The van der Waals surface area contributed by atoms with E-state index >= 15 is 0 Å². The summed E-state index contributed by atoms with van der Waals surface area (Å²) < 4.78 is 39.2. The lowest BCUT2D eigenvalue weighted by molar-refractivity contribution is -0.154. The molecule has 1 aromatic carbocycles. The molecule has 12 heteroatoms. The van der Waals surface area contributed by atoms with E-state index in [1.54, 1.807) is 0 Å². The average Bonchev–Trinajstić information content (AvgIpc) is 2.95. The molecule has 11 nitrogen and oxygen atoms in total. The molecule has 1 saturated heterocycles. The fraction of sp³-hybridized carbons (Fsp3) is 0.724. The molecule has 2 rings (SSSR count). The number of phosphoric acid groups is 1. The molecular formula is C29H48NO10P. The standard InChI is InChI=1S/C29H48NO10P/c1-2-3-4-5-6-7-8-9-12-19-36-25-15-11-10-14-23(25)17-18-28(31)38-22-27-26(16-13-20-37-27)40-41(34,35)39-21-24(30)29(32)33/h10-11,14-15,24,26-27H,2-9,12-13,16-22,30H2,1H3,(H,32,33)(H,34,35)/t24-,26-,27-/m0/s1. The number of carboxylic acids is 1. The van der Waals surface area contributed by atoms with E-state index in [9.17, 15) is 19.0 Å². The number of phosphoric ester groups is 1. The number of carboxylic acid groups (broad SMARTS) is 1. The number of esters is 1. The number of para-hydroxylation sites is 1. The van der Waals surface area contributed by atoms with Crippen molar-refractivity contribution in [3.8, 4) is 5.75 Å². The molecule has 0 aromatic heterocycles. The van der Waals surface area contributed by atoms with E-state index in [2.05, 4.69) is 6.92 Å². The number of ether oxygens (including phenoxy) is 3. The molecule has 41 heavy (non-hydrogen) atoms. The highest BCUT2D eigenvalue weighted by Crippen LogP contribution is 2.46. The molecule has 0 amide bonds. The van der Waals surface area contributed by atoms with Crippen molar-refractivity contribution in [3.05, 3.63) is 29.8 Å². The average molecular weight is 602 g/mol. The first kappa shape index (κ1) is 35.2. The molecule has 4 atom stereocenters. The first-order valence-electron chi connectivity index (χ1n) is 14.8. The predicted octanol–water partition coefficient (Wildman–Crippen LogP) is 5.17. The fourth-order valence-corrected chi connectivity index (χ4v) is 5.46. The van der Waals surface area contributed by atoms with Crippen LogP contribution in [0.3, 0.4) is 0 Å². The Morgan fingerprint density at radius 3 is 2.49 bits per heavy atom. The number of unbranched alkanes of at least 4 members (excludes halogenated alkanes) is 8. The van der Waals surface area contributed by atoms with Crippen molar-refractivity contribution in [1.82, 2.24) is 0 Å². The molecule has 1 aromatic rings. The molecule has 0 radical (unpaired) electrons. The summed E-state index contributed by atoms with van der Waals surface area (Å²) in [5.74, 6) is -1.04. The monoisotopic (exact) mass is 601 g/mol. The molecule has 0 bridgehead atoms. The van der Waals surface area contributed by atoms with Gasteiger partial charge in [0, 0.05) is 13.0 Å². The smallest absolute Gasteiger partial charge is 0.472 e. The lowest BCUT2D eigenvalue weighted by Crippen LogP contribution is -2.40. The largest absolute Gasteiger partial charge is 0.493 e. The highest BCUT2D eigenvalue weighted by Gasteiger charge is 2.36. The van der Waals surface area contributed by atoms with E-state index in [1.165, 1.54) is 44.9 Å². The third-order valence-electron chi connectivity index (χ3n) is 6.87. The van der Waals surface area contributed by atoms with E-state index in [-0.39, 0.29) is 13.0 Å². The van der Waals surface area contributed by atoms with Crippen LogP contribution >= 0.6 is 7.82 Å². The van der Waals surface area contributed by atoms with Crippen molar-refractivity contribution in [1.29, 1.82) is 0 Å². The van der Waals surface area contributed by atoms with Crippen LogP contribution in [0.5, 0.6) is 5.75 Å². The SMILES string of the molecule is CCCCCCCCCCCOc1ccccc1CCC(=O)OC[C@@H]1OCCC[C@@H]1OP(=O)(O)OC[C@H](N)C(=O)O. The molecule has 0 aliphatic carbocycles. The Hall–Kier alpha value is -2.01. The van der Waals surface area contributed by atoms with Crippen LogP contribution in [-0.2, 0) is 39.1 Å². The van der Waals surface area contributed by atoms with Gasteiger partial charge in [-0.25, -0.2) is 4.57 Å². The maximum absolute atomic E-state index is 12.5. The van der Waals surface area contributed by atoms with Crippen molar-refractivity contribution >= 4 is 19.8 Å². The predicted molar refractivity (Wildman–Crippen MR) is 154 cm³/mol. The molecule has 1 aliphatic heterocycles. The van der Waals surface area contributed by atoms with Gasteiger partial charge in [-0.15, -0.1) is 0 Å². The number of rotatable bonds is 22. The second-order valence-corrected chi connectivity index (χ2v) is 11.8. The molecule has 0 spiro atoms. The molecule has 1 aliphatic rings. The molecular weight excluding hydrogens is 553 g/mol. The topological polar surface area (TPSA) is 164 Å². The lowest BCUT2D eigenvalue weighted by atomic mass is 10.1. The zero-order valence-corrected chi connectivity index (χ0v) is 25.1. The number of benzene rings is 1. The van der Waals surface area contributed by atoms with Gasteiger partial charge in [0.1, 0.15) is 24.5 Å². The van der Waals surface area contributed by atoms with Crippen molar-refractivity contribution in [2.24, 2.45) is 5.73 Å². The Morgan fingerprint density at radius 2 is 1.78 bits per heavy atom. The normalized spacial score (nSPS) is 19.3. The number of aryl methyl sites for hydroxylation is 1. The summed E-state index contributed by atoms with van der Waals surface area (Å²) in [6.45, 7) is 2.40. The molecule has 4 N–H and O–H groups in total. The molecule has 0 saturated carbocycles. The first-order valence-corrected chi connectivity index (χ1v) is 16.3. The zero-order chi connectivity index (χ0) is 29.9. The Morgan fingerprint density at radius 1 is 1.10 bits per heavy atom. The van der Waals surface area contributed by atoms with Gasteiger partial charge in [0.25, 0.3) is 0 Å². The Kier molecular flexibility index (Phi) is 17.2. The van der Waals surface area contributed by atoms with Crippen LogP contribution in [-0.4, -0.2) is 66.6 Å². The van der Waals surface area contributed by atoms with Crippen LogP contribution in [0.15, 0.2) is 24.3 Å². The summed E-state index contributed by atoms with van der Waals surface area (Å²) in [7, 11) is -4.60. The van der Waals surface area contributed by atoms with Gasteiger partial charge in [0.2, 0.25) is 0 Å². The summed E-state index contributed by atoms with van der Waals surface area (Å²) >= 11 is 0. The van der Waals surface area contributed by atoms with Crippen molar-refractivity contribution < 1.29 is 47.4 Å². The number of hydrogen-bond acceptors (Lipinski definition) is 9. The molecule has 1 heterocycles. The van der Waals surface area contributed by atoms with Crippen LogP contribution in [0.4, 0.5) is 0 Å². The fourth-order valence-electron chi connectivity index (χ4n) is 4.47. The summed E-state index contributed by atoms with van der Waals surface area (Å²) in [4.78, 5) is 33.3. The molecule has 1 unspecified atom stereocenters. The Labute approximate surface area is 243 Å². The van der Waals surface area contributed by atoms with Gasteiger partial charge >= 0.3 is 19.8 Å². The highest BCUT2D eigenvalue weighted by molar-refractivity contribution is 7.47. The summed E-state index contributed by atoms with van der Waals surface area (Å²) in [6.07, 6.45) is 11.1. The summed E-state index contributed by atoms with van der Waals surface area (Å²) in [5.41, 5.74) is 6.23. The summed E-state index contributed by atoms with van der Waals surface area (Å²) in [6, 6.07) is 6.19. The third-order valence-corrected chi connectivity index (χ3v) is 7.88. The number of nitrogens with two attached hydrogens (primary N) is 1. The minimum Gasteiger partial charge on any atom is -0.493 e. The quantitative estimate of drug-likeness (QED) is 0.0913. The lowest BCUT2D eigenvalue weighted by Gasteiger charge is -2.32. The zero-order valence-electron chi connectivity index (χ0n) is 24.2. The van der Waals surface area contributed by atoms with Crippen LogP contribution in [0.25, 0.3) is 0 Å². The summed E-state index contributed by atoms with van der Waals surface area (Å²) in [5, 5.41) is 8.80. The van der Waals surface area contributed by atoms with Crippen molar-refractivity contribution in [2.45, 2.75) is 109 Å². The van der Waals surface area contributed by atoms with Crippen LogP contribution < -0.4 is 10.5 Å². The van der Waals surface area contributed by atoms with Crippen LogP contribution in [0, 0.1) is 0 Å². The van der Waals surface area contributed by atoms with Gasteiger partial charge in [-0.2, -0.15) is 0 Å². The van der Waals surface area contributed by atoms with Gasteiger partial charge in [-0.1, -0.05) is 76.5 Å². The van der Waals surface area contributed by atoms with E-state index in [4.69, 9.17) is 34.1 Å².